The molecular weight excluding hydrogens is 174 g/mol. The van der Waals surface area contributed by atoms with Gasteiger partial charge in [-0.15, -0.1) is 0 Å². The maximum absolute atomic E-state index is 5.13. The van der Waals surface area contributed by atoms with Gasteiger partial charge in [0.05, 0.1) is 6.61 Å². The average Bonchev–Trinajstić information content (AvgIpc) is 2.02. The summed E-state index contributed by atoms with van der Waals surface area (Å²) in [5.74, 6) is 0. The zero-order valence-corrected chi connectivity index (χ0v) is 10.1. The maximum Gasteiger partial charge on any atom is 0.0613 e. The predicted octanol–water partition coefficient (Wildman–Crippen LogP) is 2.58. The van der Waals surface area contributed by atoms with E-state index >= 15 is 0 Å². The highest BCUT2D eigenvalue weighted by Crippen LogP contribution is 2.35. The van der Waals surface area contributed by atoms with E-state index in [1.165, 1.54) is 25.7 Å². The van der Waals surface area contributed by atoms with Crippen LogP contribution in [0.5, 0.6) is 0 Å². The minimum absolute atomic E-state index is 0.485. The van der Waals surface area contributed by atoms with E-state index in [2.05, 4.69) is 26.1 Å². The molecule has 84 valence electrons. The van der Waals surface area contributed by atoms with Crippen LogP contribution in [-0.2, 0) is 4.74 Å². The molecule has 2 heteroatoms. The summed E-state index contributed by atoms with van der Waals surface area (Å²) in [5, 5.41) is 3.65. The molecule has 0 saturated heterocycles. The van der Waals surface area contributed by atoms with E-state index in [-0.39, 0.29) is 0 Å². The highest BCUT2D eigenvalue weighted by Gasteiger charge is 2.28. The second-order valence-corrected chi connectivity index (χ2v) is 5.48. The monoisotopic (exact) mass is 199 g/mol. The Hall–Kier alpha value is -0.0800. The third kappa shape index (κ3) is 3.97. The average molecular weight is 199 g/mol. The summed E-state index contributed by atoms with van der Waals surface area (Å²) < 4.78 is 5.13. The topological polar surface area (TPSA) is 21.3 Å². The molecule has 1 aliphatic rings. The molecule has 0 aromatic heterocycles. The number of hydrogen-bond acceptors (Lipinski definition) is 2. The molecule has 1 saturated carbocycles. The van der Waals surface area contributed by atoms with Crippen LogP contribution in [0.1, 0.15) is 46.5 Å². The molecule has 1 aliphatic carbocycles. The largest absolute Gasteiger partial charge is 0.383 e. The first-order valence-corrected chi connectivity index (χ1v) is 5.78. The SMILES string of the molecule is COC[C@H](C)N[C@H]1CCCC(C)(C)C1. The third-order valence-electron chi connectivity index (χ3n) is 3.14. The van der Waals surface area contributed by atoms with Crippen LogP contribution in [0, 0.1) is 5.41 Å². The smallest absolute Gasteiger partial charge is 0.0613 e. The number of nitrogens with one attached hydrogen (secondary N) is 1. The predicted molar refractivity (Wildman–Crippen MR) is 60.5 cm³/mol. The Morgan fingerprint density at radius 2 is 2.21 bits per heavy atom. The van der Waals surface area contributed by atoms with Gasteiger partial charge in [0, 0.05) is 19.2 Å². The fraction of sp³-hybridized carbons (Fsp3) is 1.00. The first kappa shape index (κ1) is 12.0. The van der Waals surface area contributed by atoms with Gasteiger partial charge in [-0.05, 0) is 31.6 Å². The Bertz CT molecular complexity index is 168. The molecule has 0 radical (unpaired) electrons. The lowest BCUT2D eigenvalue weighted by atomic mass is 9.75. The second kappa shape index (κ2) is 5.13. The molecule has 0 spiro atoms. The van der Waals surface area contributed by atoms with Crippen LogP contribution in [0.25, 0.3) is 0 Å². The van der Waals surface area contributed by atoms with Crippen molar-refractivity contribution >= 4 is 0 Å². The number of rotatable bonds is 4. The fourth-order valence-electron chi connectivity index (χ4n) is 2.54. The quantitative estimate of drug-likeness (QED) is 0.751. The molecule has 0 amide bonds. The zero-order chi connectivity index (χ0) is 10.6. The summed E-state index contributed by atoms with van der Waals surface area (Å²) in [6, 6.07) is 1.18. The van der Waals surface area contributed by atoms with Gasteiger partial charge in [0.25, 0.3) is 0 Å². The van der Waals surface area contributed by atoms with Crippen molar-refractivity contribution in [2.45, 2.75) is 58.5 Å². The van der Waals surface area contributed by atoms with Crippen LogP contribution in [0.2, 0.25) is 0 Å². The Morgan fingerprint density at radius 3 is 2.79 bits per heavy atom. The maximum atomic E-state index is 5.13. The van der Waals surface area contributed by atoms with Crippen molar-refractivity contribution in [3.8, 4) is 0 Å². The molecule has 0 bridgehead atoms. The molecule has 2 nitrogen and oxygen atoms in total. The summed E-state index contributed by atoms with van der Waals surface area (Å²) in [6.07, 6.45) is 5.38. The Morgan fingerprint density at radius 1 is 1.50 bits per heavy atom. The van der Waals surface area contributed by atoms with E-state index in [1.54, 1.807) is 7.11 Å². The van der Waals surface area contributed by atoms with Crippen molar-refractivity contribution in [2.75, 3.05) is 13.7 Å². The van der Waals surface area contributed by atoms with Gasteiger partial charge in [-0.2, -0.15) is 0 Å². The van der Waals surface area contributed by atoms with E-state index in [1.807, 2.05) is 0 Å². The van der Waals surface area contributed by atoms with Crippen LogP contribution in [-0.4, -0.2) is 25.8 Å². The summed E-state index contributed by atoms with van der Waals surface area (Å²) in [5.41, 5.74) is 0.530. The molecule has 0 aromatic carbocycles. The number of ether oxygens (including phenoxy) is 1. The molecular formula is C12H25NO. The second-order valence-electron chi connectivity index (χ2n) is 5.48. The van der Waals surface area contributed by atoms with E-state index < -0.39 is 0 Å². The molecule has 0 unspecified atom stereocenters. The standard InChI is InChI=1S/C12H25NO/c1-10(9-14-4)13-11-6-5-7-12(2,3)8-11/h10-11,13H,5-9H2,1-4H3/t10-,11-/m0/s1. The molecule has 1 fully saturated rings. The molecule has 14 heavy (non-hydrogen) atoms. The fourth-order valence-corrected chi connectivity index (χ4v) is 2.54. The lowest BCUT2D eigenvalue weighted by molar-refractivity contribution is 0.142. The molecule has 1 N–H and O–H groups in total. The van der Waals surface area contributed by atoms with Crippen molar-refractivity contribution in [1.82, 2.24) is 5.32 Å². The highest BCUT2D eigenvalue weighted by molar-refractivity contribution is 4.84. The molecule has 1 rings (SSSR count). The van der Waals surface area contributed by atoms with Gasteiger partial charge in [0.1, 0.15) is 0 Å². The van der Waals surface area contributed by atoms with Crippen LogP contribution in [0.4, 0.5) is 0 Å². The Balaban J connectivity index is 2.30. The molecule has 0 heterocycles. The lowest BCUT2D eigenvalue weighted by Gasteiger charge is -2.37. The van der Waals surface area contributed by atoms with Crippen molar-refractivity contribution in [3.63, 3.8) is 0 Å². The van der Waals surface area contributed by atoms with Crippen LogP contribution < -0.4 is 5.32 Å². The normalized spacial score (nSPS) is 28.7. The van der Waals surface area contributed by atoms with Gasteiger partial charge < -0.3 is 10.1 Å². The van der Waals surface area contributed by atoms with Gasteiger partial charge in [-0.3, -0.25) is 0 Å². The van der Waals surface area contributed by atoms with Gasteiger partial charge in [-0.25, -0.2) is 0 Å². The van der Waals surface area contributed by atoms with Crippen LogP contribution in [0.3, 0.4) is 0 Å². The van der Waals surface area contributed by atoms with E-state index in [0.717, 1.165) is 6.61 Å². The van der Waals surface area contributed by atoms with Gasteiger partial charge >= 0.3 is 0 Å². The van der Waals surface area contributed by atoms with Crippen LogP contribution >= 0.6 is 0 Å². The van der Waals surface area contributed by atoms with Crippen molar-refractivity contribution in [2.24, 2.45) is 5.41 Å². The number of methoxy groups -OCH3 is 1. The summed E-state index contributed by atoms with van der Waals surface area (Å²) in [6.45, 7) is 7.77. The minimum Gasteiger partial charge on any atom is -0.383 e. The van der Waals surface area contributed by atoms with E-state index in [0.29, 0.717) is 17.5 Å². The highest BCUT2D eigenvalue weighted by atomic mass is 16.5. The summed E-state index contributed by atoms with van der Waals surface area (Å²) in [7, 11) is 1.77. The molecule has 0 aliphatic heterocycles. The van der Waals surface area contributed by atoms with Crippen molar-refractivity contribution < 1.29 is 4.74 Å². The first-order valence-electron chi connectivity index (χ1n) is 5.78. The van der Waals surface area contributed by atoms with Gasteiger partial charge in [0.15, 0.2) is 0 Å². The Kier molecular flexibility index (Phi) is 4.39. The first-order chi connectivity index (χ1) is 6.53. The summed E-state index contributed by atoms with van der Waals surface area (Å²) in [4.78, 5) is 0. The van der Waals surface area contributed by atoms with Crippen molar-refractivity contribution in [1.29, 1.82) is 0 Å². The number of hydrogen-bond donors (Lipinski definition) is 1. The van der Waals surface area contributed by atoms with Crippen molar-refractivity contribution in [3.05, 3.63) is 0 Å². The van der Waals surface area contributed by atoms with Gasteiger partial charge in [0.2, 0.25) is 0 Å². The Labute approximate surface area is 88.4 Å². The van der Waals surface area contributed by atoms with Gasteiger partial charge in [-0.1, -0.05) is 20.3 Å². The summed E-state index contributed by atoms with van der Waals surface area (Å²) >= 11 is 0. The van der Waals surface area contributed by atoms with Crippen LogP contribution in [0.15, 0.2) is 0 Å². The molecule has 2 atom stereocenters. The van der Waals surface area contributed by atoms with E-state index in [4.69, 9.17) is 4.74 Å². The minimum atomic E-state index is 0.485. The van der Waals surface area contributed by atoms with E-state index in [9.17, 15) is 0 Å². The lowest BCUT2D eigenvalue weighted by Crippen LogP contribution is -2.43. The third-order valence-corrected chi connectivity index (χ3v) is 3.14. The zero-order valence-electron chi connectivity index (χ0n) is 10.1. The molecule has 0 aromatic rings.